The summed E-state index contributed by atoms with van der Waals surface area (Å²) in [7, 11) is 0. The van der Waals surface area contributed by atoms with Crippen LogP contribution in [0.1, 0.15) is 12.8 Å². The van der Waals surface area contributed by atoms with Crippen LogP contribution in [0, 0.1) is 5.92 Å². The van der Waals surface area contributed by atoms with E-state index in [4.69, 9.17) is 5.11 Å². The van der Waals surface area contributed by atoms with Gasteiger partial charge in [0.2, 0.25) is 0 Å². The Hall–Kier alpha value is -0.600. The van der Waals surface area contributed by atoms with E-state index in [0.717, 1.165) is 19.8 Å². The van der Waals surface area contributed by atoms with Gasteiger partial charge in [-0.2, -0.15) is 0 Å². The highest BCUT2D eigenvalue weighted by Crippen LogP contribution is 2.34. The molecule has 1 atom stereocenters. The number of halogens is 3. The first-order chi connectivity index (χ1) is 9.86. The second kappa shape index (κ2) is 7.11. The molecule has 1 fully saturated rings. The molecule has 2 rings (SSSR count). The number of hydrogen-bond acceptors (Lipinski definition) is 2. The molecule has 8 heteroatoms. The fourth-order valence-electron chi connectivity index (χ4n) is 2.28. The van der Waals surface area contributed by atoms with E-state index in [1.807, 2.05) is 12.1 Å². The first-order valence-electron chi connectivity index (χ1n) is 6.29. The summed E-state index contributed by atoms with van der Waals surface area (Å²) in [5, 5.41) is 11.6. The second-order valence-corrected chi connectivity index (χ2v) is 7.50. The Kier molecular flexibility index (Phi) is 5.67. The molecule has 1 unspecified atom stereocenters. The molecule has 0 radical (unpaired) electrons. The number of carboxylic acids is 1. The van der Waals surface area contributed by atoms with Crippen LogP contribution in [0.3, 0.4) is 0 Å². The van der Waals surface area contributed by atoms with Gasteiger partial charge in [0.05, 0.1) is 5.69 Å². The normalized spacial score (nSPS) is 17.9. The number of nitrogens with one attached hydrogen (secondary N) is 1. The van der Waals surface area contributed by atoms with Crippen molar-refractivity contribution in [3.05, 3.63) is 25.6 Å². The smallest absolute Gasteiger partial charge is 0.321 e. The van der Waals surface area contributed by atoms with Crippen molar-refractivity contribution in [3.8, 4) is 0 Å². The van der Waals surface area contributed by atoms with Crippen LogP contribution in [0.4, 0.5) is 10.5 Å². The zero-order chi connectivity index (χ0) is 15.6. The highest BCUT2D eigenvalue weighted by atomic mass is 79.9. The molecule has 0 aliphatic carbocycles. The molecule has 5 nitrogen and oxygen atoms in total. The van der Waals surface area contributed by atoms with Crippen molar-refractivity contribution in [2.24, 2.45) is 5.92 Å². The quantitative estimate of drug-likeness (QED) is 0.672. The highest BCUT2D eigenvalue weighted by molar-refractivity contribution is 9.11. The van der Waals surface area contributed by atoms with Gasteiger partial charge in [-0.3, -0.25) is 4.79 Å². The number of likely N-dealkylation sites (tertiary alicyclic amines) is 1. The Morgan fingerprint density at radius 1 is 1.29 bits per heavy atom. The SMILES string of the molecule is O=C(O)CC1CCN(C(=O)Nc2c(Br)cc(Br)cc2Br)C1. The molecule has 1 saturated heterocycles. The predicted molar refractivity (Wildman–Crippen MR) is 90.5 cm³/mol. The van der Waals surface area contributed by atoms with Gasteiger partial charge >= 0.3 is 12.0 Å². The number of nitrogens with zero attached hydrogens (tertiary/aromatic N) is 1. The molecule has 0 aromatic heterocycles. The number of carboxylic acid groups (broad SMARTS) is 1. The lowest BCUT2D eigenvalue weighted by atomic mass is 10.1. The monoisotopic (exact) mass is 482 g/mol. The molecule has 0 spiro atoms. The lowest BCUT2D eigenvalue weighted by molar-refractivity contribution is -0.138. The van der Waals surface area contributed by atoms with Crippen LogP contribution < -0.4 is 5.32 Å². The summed E-state index contributed by atoms with van der Waals surface area (Å²) in [6.07, 6.45) is 0.831. The second-order valence-electron chi connectivity index (χ2n) is 4.87. The molecule has 1 aliphatic heterocycles. The van der Waals surface area contributed by atoms with Gasteiger partial charge in [-0.15, -0.1) is 0 Å². The van der Waals surface area contributed by atoms with Gasteiger partial charge in [0.25, 0.3) is 0 Å². The molecular weight excluding hydrogens is 472 g/mol. The maximum absolute atomic E-state index is 12.2. The lowest BCUT2D eigenvalue weighted by Crippen LogP contribution is -2.33. The molecule has 1 aliphatic rings. The summed E-state index contributed by atoms with van der Waals surface area (Å²) in [6.45, 7) is 1.06. The summed E-state index contributed by atoms with van der Waals surface area (Å²) in [6, 6.07) is 3.47. The Morgan fingerprint density at radius 3 is 2.48 bits per heavy atom. The number of carbonyl (C=O) groups is 2. The van der Waals surface area contributed by atoms with Crippen LogP contribution in [0.5, 0.6) is 0 Å². The topological polar surface area (TPSA) is 69.6 Å². The van der Waals surface area contributed by atoms with Crippen LogP contribution in [0.2, 0.25) is 0 Å². The van der Waals surface area contributed by atoms with Gasteiger partial charge in [0, 0.05) is 32.9 Å². The summed E-state index contributed by atoms with van der Waals surface area (Å²) in [4.78, 5) is 24.6. The molecule has 0 bridgehead atoms. The molecule has 114 valence electrons. The van der Waals surface area contributed by atoms with Gasteiger partial charge in [0.15, 0.2) is 0 Å². The molecule has 1 heterocycles. The van der Waals surface area contributed by atoms with E-state index in [0.29, 0.717) is 18.8 Å². The fourth-order valence-corrected chi connectivity index (χ4v) is 4.74. The zero-order valence-corrected chi connectivity index (χ0v) is 15.7. The summed E-state index contributed by atoms with van der Waals surface area (Å²) >= 11 is 10.2. The number of carbonyl (C=O) groups excluding carboxylic acids is 1. The van der Waals surface area contributed by atoms with Crippen molar-refractivity contribution in [1.29, 1.82) is 0 Å². The van der Waals surface area contributed by atoms with Gasteiger partial charge < -0.3 is 15.3 Å². The van der Waals surface area contributed by atoms with Gasteiger partial charge in [0.1, 0.15) is 0 Å². The van der Waals surface area contributed by atoms with Crippen LogP contribution in [-0.4, -0.2) is 35.1 Å². The Morgan fingerprint density at radius 2 is 1.90 bits per heavy atom. The Labute approximate surface area is 147 Å². The van der Waals surface area contributed by atoms with Crippen molar-refractivity contribution < 1.29 is 14.7 Å². The minimum absolute atomic E-state index is 0.0325. The average Bonchev–Trinajstić information content (AvgIpc) is 2.81. The van der Waals surface area contributed by atoms with Crippen LogP contribution >= 0.6 is 47.8 Å². The van der Waals surface area contributed by atoms with E-state index in [-0.39, 0.29) is 18.4 Å². The number of hydrogen-bond donors (Lipinski definition) is 2. The minimum atomic E-state index is -0.819. The molecule has 0 saturated carbocycles. The molecule has 2 amide bonds. The third kappa shape index (κ3) is 4.43. The summed E-state index contributed by atoms with van der Waals surface area (Å²) in [5.74, 6) is -0.786. The van der Waals surface area contributed by atoms with Gasteiger partial charge in [-0.25, -0.2) is 4.79 Å². The Balaban J connectivity index is 2.01. The van der Waals surface area contributed by atoms with Crippen molar-refractivity contribution in [3.63, 3.8) is 0 Å². The maximum atomic E-state index is 12.2. The van der Waals surface area contributed by atoms with E-state index in [1.165, 1.54) is 0 Å². The van der Waals surface area contributed by atoms with Crippen LogP contribution in [0.25, 0.3) is 0 Å². The van der Waals surface area contributed by atoms with Crippen LogP contribution in [-0.2, 0) is 4.79 Å². The van der Waals surface area contributed by atoms with Gasteiger partial charge in [-0.1, -0.05) is 15.9 Å². The predicted octanol–water partition coefficient (Wildman–Crippen LogP) is 4.30. The average molecular weight is 485 g/mol. The number of rotatable bonds is 3. The minimum Gasteiger partial charge on any atom is -0.481 e. The standard InChI is InChI=1S/C13H13Br3N2O3/c14-8-4-9(15)12(10(16)5-8)17-13(21)18-2-1-7(6-18)3-11(19)20/h4-5,7H,1-3,6H2,(H,17,21)(H,19,20). The number of benzene rings is 1. The first kappa shape index (κ1) is 16.8. The van der Waals surface area contributed by atoms with Crippen molar-refractivity contribution in [2.75, 3.05) is 18.4 Å². The van der Waals surface area contributed by atoms with Crippen molar-refractivity contribution >= 4 is 65.5 Å². The highest BCUT2D eigenvalue weighted by Gasteiger charge is 2.28. The Bertz CT molecular complexity index is 557. The number of urea groups is 1. The van der Waals surface area contributed by atoms with E-state index in [9.17, 15) is 9.59 Å². The molecule has 1 aromatic carbocycles. The molecule has 2 N–H and O–H groups in total. The van der Waals surface area contributed by atoms with E-state index in [1.54, 1.807) is 4.90 Å². The zero-order valence-electron chi connectivity index (χ0n) is 10.9. The molecule has 21 heavy (non-hydrogen) atoms. The first-order valence-corrected chi connectivity index (χ1v) is 8.67. The summed E-state index contributed by atoms with van der Waals surface area (Å²) in [5.41, 5.74) is 0.657. The van der Waals surface area contributed by atoms with Crippen molar-refractivity contribution in [1.82, 2.24) is 4.90 Å². The molecule has 1 aromatic rings. The van der Waals surface area contributed by atoms with E-state index in [2.05, 4.69) is 53.1 Å². The van der Waals surface area contributed by atoms with Crippen molar-refractivity contribution in [2.45, 2.75) is 12.8 Å². The number of anilines is 1. The van der Waals surface area contributed by atoms with Crippen LogP contribution in [0.15, 0.2) is 25.6 Å². The lowest BCUT2D eigenvalue weighted by Gasteiger charge is -2.18. The van der Waals surface area contributed by atoms with E-state index >= 15 is 0 Å². The maximum Gasteiger partial charge on any atom is 0.321 e. The van der Waals surface area contributed by atoms with E-state index < -0.39 is 5.97 Å². The fraction of sp³-hybridized carbons (Fsp3) is 0.385. The molecular formula is C13H13Br3N2O3. The third-order valence-corrected chi connectivity index (χ3v) is 4.98. The largest absolute Gasteiger partial charge is 0.481 e. The van der Waals surface area contributed by atoms with Gasteiger partial charge in [-0.05, 0) is 56.3 Å². The summed E-state index contributed by atoms with van der Waals surface area (Å²) < 4.78 is 2.42. The number of amides is 2. The third-order valence-electron chi connectivity index (χ3n) is 3.28. The number of aliphatic carboxylic acids is 1.